The zero-order valence-electron chi connectivity index (χ0n) is 11.4. The molecule has 0 saturated heterocycles. The quantitative estimate of drug-likeness (QED) is 0.850. The van der Waals surface area contributed by atoms with Crippen molar-refractivity contribution in [1.29, 1.82) is 0 Å². The highest BCUT2D eigenvalue weighted by Gasteiger charge is 2.28. The first-order chi connectivity index (χ1) is 8.97. The molecule has 0 radical (unpaired) electrons. The molecule has 0 saturated carbocycles. The molecule has 1 unspecified atom stereocenters. The summed E-state index contributed by atoms with van der Waals surface area (Å²) < 4.78 is 5.23. The van der Waals surface area contributed by atoms with E-state index in [0.29, 0.717) is 5.56 Å². The van der Waals surface area contributed by atoms with Crippen LogP contribution >= 0.6 is 0 Å². The van der Waals surface area contributed by atoms with Gasteiger partial charge < -0.3 is 14.7 Å². The fourth-order valence-corrected chi connectivity index (χ4v) is 1.82. The predicted molar refractivity (Wildman–Crippen MR) is 70.7 cm³/mol. The molecular weight excluding hydrogens is 246 g/mol. The molecule has 0 bridgehead atoms. The minimum Gasteiger partial charge on any atom is -0.480 e. The summed E-state index contributed by atoms with van der Waals surface area (Å²) in [6.45, 7) is 3.22. The number of aliphatic carboxylic acids is 1. The van der Waals surface area contributed by atoms with Crippen LogP contribution < -0.4 is 0 Å². The van der Waals surface area contributed by atoms with Crippen LogP contribution in [-0.2, 0) is 14.3 Å². The van der Waals surface area contributed by atoms with Gasteiger partial charge in [0.1, 0.15) is 6.54 Å². The maximum atomic E-state index is 12.4. The Labute approximate surface area is 112 Å². The van der Waals surface area contributed by atoms with Gasteiger partial charge in [0, 0.05) is 13.2 Å². The van der Waals surface area contributed by atoms with E-state index < -0.39 is 12.1 Å². The second kappa shape index (κ2) is 6.89. The second-order valence-electron chi connectivity index (χ2n) is 4.48. The van der Waals surface area contributed by atoms with Crippen LogP contribution in [0, 0.1) is 0 Å². The van der Waals surface area contributed by atoms with Crippen molar-refractivity contribution in [1.82, 2.24) is 4.90 Å². The lowest BCUT2D eigenvalue weighted by atomic mass is 10.1. The summed E-state index contributed by atoms with van der Waals surface area (Å²) in [6.07, 6.45) is -0.775. The maximum absolute atomic E-state index is 12.4. The predicted octanol–water partition coefficient (Wildman–Crippen LogP) is 1.70. The number of methoxy groups -OCH3 is 1. The van der Waals surface area contributed by atoms with Gasteiger partial charge in [0.2, 0.25) is 0 Å². The molecule has 1 rings (SSSR count). The normalized spacial score (nSPS) is 12.2. The second-order valence-corrected chi connectivity index (χ2v) is 4.48. The minimum atomic E-state index is -1.04. The Balaban J connectivity index is 2.96. The van der Waals surface area contributed by atoms with Crippen LogP contribution in [-0.4, -0.2) is 41.6 Å². The van der Waals surface area contributed by atoms with Gasteiger partial charge in [-0.3, -0.25) is 9.59 Å². The molecule has 19 heavy (non-hydrogen) atoms. The van der Waals surface area contributed by atoms with Crippen LogP contribution in [0.3, 0.4) is 0 Å². The molecule has 104 valence electrons. The maximum Gasteiger partial charge on any atom is 0.323 e. The Hall–Kier alpha value is -1.88. The van der Waals surface area contributed by atoms with Gasteiger partial charge in [0.05, 0.1) is 0 Å². The number of carboxylic acids is 1. The fraction of sp³-hybridized carbons (Fsp3) is 0.429. The molecule has 1 amide bonds. The first-order valence-corrected chi connectivity index (χ1v) is 6.07. The van der Waals surface area contributed by atoms with E-state index in [1.165, 1.54) is 12.0 Å². The topological polar surface area (TPSA) is 66.8 Å². The Morgan fingerprint density at radius 2 is 1.84 bits per heavy atom. The molecule has 1 atom stereocenters. The average molecular weight is 265 g/mol. The highest BCUT2D eigenvalue weighted by molar-refractivity contribution is 5.85. The van der Waals surface area contributed by atoms with E-state index in [1.807, 2.05) is 18.2 Å². The number of amides is 1. The first-order valence-electron chi connectivity index (χ1n) is 6.07. The molecule has 1 aromatic rings. The lowest BCUT2D eigenvalue weighted by molar-refractivity contribution is -0.151. The van der Waals surface area contributed by atoms with Crippen molar-refractivity contribution in [3.8, 4) is 0 Å². The van der Waals surface area contributed by atoms with Crippen LogP contribution in [0.5, 0.6) is 0 Å². The van der Waals surface area contributed by atoms with Crippen LogP contribution in [0.25, 0.3) is 0 Å². The molecule has 0 fully saturated rings. The number of carboxylic acid groups (broad SMARTS) is 1. The van der Waals surface area contributed by atoms with Crippen LogP contribution in [0.2, 0.25) is 0 Å². The van der Waals surface area contributed by atoms with E-state index in [-0.39, 0.29) is 18.5 Å². The molecule has 1 aromatic carbocycles. The van der Waals surface area contributed by atoms with Crippen molar-refractivity contribution in [3.63, 3.8) is 0 Å². The van der Waals surface area contributed by atoms with E-state index >= 15 is 0 Å². The summed E-state index contributed by atoms with van der Waals surface area (Å²) in [5.41, 5.74) is 0.714. The van der Waals surface area contributed by atoms with Gasteiger partial charge in [0.25, 0.3) is 5.91 Å². The van der Waals surface area contributed by atoms with E-state index in [0.717, 1.165) is 0 Å². The molecular formula is C14H19NO4. The van der Waals surface area contributed by atoms with E-state index in [2.05, 4.69) is 0 Å². The van der Waals surface area contributed by atoms with Gasteiger partial charge in [-0.15, -0.1) is 0 Å². The lowest BCUT2D eigenvalue weighted by Gasteiger charge is -2.28. The first kappa shape index (κ1) is 15.2. The van der Waals surface area contributed by atoms with Gasteiger partial charge >= 0.3 is 5.97 Å². The molecule has 1 N–H and O–H groups in total. The number of carbonyl (C=O) groups excluding carboxylic acids is 1. The third-order valence-electron chi connectivity index (χ3n) is 2.77. The molecule has 0 spiro atoms. The van der Waals surface area contributed by atoms with Crippen molar-refractivity contribution in [2.45, 2.75) is 26.0 Å². The number of nitrogens with zero attached hydrogens (tertiary/aromatic N) is 1. The number of carbonyl (C=O) groups is 2. The van der Waals surface area contributed by atoms with Crippen molar-refractivity contribution in [2.24, 2.45) is 0 Å². The number of ether oxygens (including phenoxy) is 1. The lowest BCUT2D eigenvalue weighted by Crippen LogP contribution is -2.43. The van der Waals surface area contributed by atoms with Crippen molar-refractivity contribution in [2.75, 3.05) is 13.7 Å². The van der Waals surface area contributed by atoms with E-state index in [9.17, 15) is 9.59 Å². The molecule has 0 heterocycles. The van der Waals surface area contributed by atoms with Gasteiger partial charge in [-0.05, 0) is 19.4 Å². The van der Waals surface area contributed by atoms with Gasteiger partial charge in [-0.1, -0.05) is 30.3 Å². The van der Waals surface area contributed by atoms with Crippen molar-refractivity contribution < 1.29 is 19.4 Å². The zero-order chi connectivity index (χ0) is 14.4. The van der Waals surface area contributed by atoms with Crippen LogP contribution in [0.15, 0.2) is 30.3 Å². The largest absolute Gasteiger partial charge is 0.480 e. The third-order valence-corrected chi connectivity index (χ3v) is 2.77. The number of rotatable bonds is 6. The Morgan fingerprint density at radius 3 is 2.26 bits per heavy atom. The van der Waals surface area contributed by atoms with E-state index in [1.54, 1.807) is 26.0 Å². The number of hydrogen-bond donors (Lipinski definition) is 1. The molecule has 0 aromatic heterocycles. The summed E-state index contributed by atoms with van der Waals surface area (Å²) in [6, 6.07) is 8.83. The highest BCUT2D eigenvalue weighted by Crippen LogP contribution is 2.20. The molecule has 5 heteroatoms. The molecule has 0 aliphatic heterocycles. The molecule has 0 aliphatic rings. The summed E-state index contributed by atoms with van der Waals surface area (Å²) in [4.78, 5) is 24.5. The SMILES string of the molecule is COC(C(=O)N(CC(=O)O)C(C)C)c1ccccc1. The zero-order valence-corrected chi connectivity index (χ0v) is 11.4. The van der Waals surface area contributed by atoms with Crippen LogP contribution in [0.1, 0.15) is 25.5 Å². The number of benzene rings is 1. The molecule has 0 aliphatic carbocycles. The standard InChI is InChI=1S/C14H19NO4/c1-10(2)15(9-12(16)17)14(18)13(19-3)11-7-5-4-6-8-11/h4-8,10,13H,9H2,1-3H3,(H,16,17). The summed E-state index contributed by atoms with van der Waals surface area (Å²) >= 11 is 0. The summed E-state index contributed by atoms with van der Waals surface area (Å²) in [7, 11) is 1.44. The fourth-order valence-electron chi connectivity index (χ4n) is 1.82. The van der Waals surface area contributed by atoms with Crippen LogP contribution in [0.4, 0.5) is 0 Å². The van der Waals surface area contributed by atoms with Gasteiger partial charge in [0.15, 0.2) is 6.10 Å². The third kappa shape index (κ3) is 4.06. The Bertz CT molecular complexity index is 430. The summed E-state index contributed by atoms with van der Waals surface area (Å²) in [5, 5.41) is 8.87. The average Bonchev–Trinajstić information content (AvgIpc) is 2.37. The monoisotopic (exact) mass is 265 g/mol. The van der Waals surface area contributed by atoms with Crippen molar-refractivity contribution in [3.05, 3.63) is 35.9 Å². The molecule has 5 nitrogen and oxygen atoms in total. The van der Waals surface area contributed by atoms with Gasteiger partial charge in [-0.25, -0.2) is 0 Å². The summed E-state index contributed by atoms with van der Waals surface area (Å²) in [5.74, 6) is -1.38. The Morgan fingerprint density at radius 1 is 1.26 bits per heavy atom. The van der Waals surface area contributed by atoms with Crippen molar-refractivity contribution >= 4 is 11.9 Å². The highest BCUT2D eigenvalue weighted by atomic mass is 16.5. The Kier molecular flexibility index (Phi) is 5.51. The van der Waals surface area contributed by atoms with E-state index in [4.69, 9.17) is 9.84 Å². The number of hydrogen-bond acceptors (Lipinski definition) is 3. The minimum absolute atomic E-state index is 0.204. The smallest absolute Gasteiger partial charge is 0.323 e. The van der Waals surface area contributed by atoms with Gasteiger partial charge in [-0.2, -0.15) is 0 Å².